The fourth-order valence-electron chi connectivity index (χ4n) is 1.24. The Labute approximate surface area is 71.9 Å². The van der Waals surface area contributed by atoms with Crippen LogP contribution in [0.5, 0.6) is 0 Å². The van der Waals surface area contributed by atoms with E-state index < -0.39 is 0 Å². The van der Waals surface area contributed by atoms with Gasteiger partial charge in [-0.15, -0.1) is 0 Å². The molecule has 0 unspecified atom stereocenters. The first-order chi connectivity index (χ1) is 5.74. The van der Waals surface area contributed by atoms with Gasteiger partial charge in [0, 0.05) is 19.5 Å². The average molecular weight is 169 g/mol. The molecule has 1 aliphatic rings. The third-order valence-corrected chi connectivity index (χ3v) is 1.83. The van der Waals surface area contributed by atoms with Crippen molar-refractivity contribution in [3.63, 3.8) is 0 Å². The Hall–Kier alpha value is -1.06. The Morgan fingerprint density at radius 1 is 1.67 bits per heavy atom. The van der Waals surface area contributed by atoms with Crippen LogP contribution in [-0.2, 0) is 9.59 Å². The zero-order valence-electron chi connectivity index (χ0n) is 7.01. The summed E-state index contributed by atoms with van der Waals surface area (Å²) in [6, 6.07) is 0. The molecule has 1 rings (SSSR count). The topological polar surface area (TPSA) is 49.4 Å². The van der Waals surface area contributed by atoms with E-state index >= 15 is 0 Å². The highest BCUT2D eigenvalue weighted by Gasteiger charge is 2.21. The predicted molar refractivity (Wildman–Crippen MR) is 44.2 cm³/mol. The first-order valence-corrected chi connectivity index (χ1v) is 4.07. The third-order valence-electron chi connectivity index (χ3n) is 1.83. The van der Waals surface area contributed by atoms with E-state index in [0.29, 0.717) is 19.5 Å². The molecule has 2 amide bonds. The van der Waals surface area contributed by atoms with E-state index in [1.165, 1.54) is 0 Å². The van der Waals surface area contributed by atoms with Crippen molar-refractivity contribution >= 4 is 11.8 Å². The molecule has 67 valence electrons. The van der Waals surface area contributed by atoms with Crippen molar-refractivity contribution in [1.29, 1.82) is 0 Å². The summed E-state index contributed by atoms with van der Waals surface area (Å²) in [5, 5.41) is 2.55. The molecule has 0 bridgehead atoms. The second-order valence-corrected chi connectivity index (χ2v) is 2.77. The minimum absolute atomic E-state index is 0.0780. The predicted octanol–water partition coefficient (Wildman–Crippen LogP) is -0.441. The molecule has 0 aliphatic carbocycles. The number of carbonyl (C=O) groups excluding carboxylic acids is 2. The summed E-state index contributed by atoms with van der Waals surface area (Å²) in [5.74, 6) is -0.0468. The number of amides is 2. The lowest BCUT2D eigenvalue weighted by molar-refractivity contribution is -0.133. The maximum Gasteiger partial charge on any atom is 0.239 e. The van der Waals surface area contributed by atoms with Gasteiger partial charge in [-0.05, 0) is 13.3 Å². The highest BCUT2D eigenvalue weighted by molar-refractivity contribution is 5.85. The van der Waals surface area contributed by atoms with Gasteiger partial charge in [-0.3, -0.25) is 9.59 Å². The largest absolute Gasteiger partial charge is 0.355 e. The first-order valence-electron chi connectivity index (χ1n) is 4.07. The molecule has 1 saturated heterocycles. The molecule has 1 radical (unpaired) electrons. The van der Waals surface area contributed by atoms with Crippen molar-refractivity contribution in [3.8, 4) is 0 Å². The van der Waals surface area contributed by atoms with Crippen LogP contribution in [-0.4, -0.2) is 36.3 Å². The van der Waals surface area contributed by atoms with Crippen LogP contribution in [0.1, 0.15) is 12.8 Å². The summed E-state index contributed by atoms with van der Waals surface area (Å²) in [6.45, 7) is 4.76. The van der Waals surface area contributed by atoms with Gasteiger partial charge in [0.05, 0.1) is 6.54 Å². The second kappa shape index (κ2) is 4.09. The van der Waals surface area contributed by atoms with E-state index in [1.807, 2.05) is 0 Å². The van der Waals surface area contributed by atoms with Gasteiger partial charge in [0.15, 0.2) is 0 Å². The molecule has 0 atom stereocenters. The minimum atomic E-state index is -0.125. The highest BCUT2D eigenvalue weighted by Crippen LogP contribution is 2.08. The Bertz CT molecular complexity index is 191. The van der Waals surface area contributed by atoms with E-state index in [-0.39, 0.29) is 18.4 Å². The highest BCUT2D eigenvalue weighted by atomic mass is 16.2. The van der Waals surface area contributed by atoms with Crippen LogP contribution >= 0.6 is 0 Å². The number of nitrogens with zero attached hydrogens (tertiary/aromatic N) is 1. The van der Waals surface area contributed by atoms with Gasteiger partial charge in [-0.1, -0.05) is 0 Å². The maximum absolute atomic E-state index is 11.0. The molecule has 1 aliphatic heterocycles. The lowest BCUT2D eigenvalue weighted by Crippen LogP contribution is -2.37. The summed E-state index contributed by atoms with van der Waals surface area (Å²) < 4.78 is 0. The number of rotatable bonds is 3. The number of nitrogens with one attached hydrogen (secondary N) is 1. The van der Waals surface area contributed by atoms with E-state index in [1.54, 1.807) is 4.90 Å². The SMILES string of the molecule is [CH2]CNC(=O)CN1CCCC1=O. The van der Waals surface area contributed by atoms with Gasteiger partial charge < -0.3 is 10.2 Å². The van der Waals surface area contributed by atoms with Crippen molar-refractivity contribution in [1.82, 2.24) is 10.2 Å². The molecule has 0 aromatic carbocycles. The van der Waals surface area contributed by atoms with Gasteiger partial charge in [0.25, 0.3) is 0 Å². The summed E-state index contributed by atoms with van der Waals surface area (Å²) in [4.78, 5) is 23.6. The molecule has 4 nitrogen and oxygen atoms in total. The average Bonchev–Trinajstić information content (AvgIpc) is 2.37. The molecule has 1 fully saturated rings. The number of likely N-dealkylation sites (tertiary alicyclic amines) is 1. The first kappa shape index (κ1) is 9.03. The van der Waals surface area contributed by atoms with E-state index in [4.69, 9.17) is 0 Å². The minimum Gasteiger partial charge on any atom is -0.355 e. The molecule has 12 heavy (non-hydrogen) atoms. The molecule has 0 saturated carbocycles. The summed E-state index contributed by atoms with van der Waals surface area (Å²) in [6.07, 6.45) is 1.45. The van der Waals surface area contributed by atoms with Crippen LogP contribution in [0.15, 0.2) is 0 Å². The molecular weight excluding hydrogens is 156 g/mol. The zero-order valence-corrected chi connectivity index (χ0v) is 7.01. The smallest absolute Gasteiger partial charge is 0.239 e. The van der Waals surface area contributed by atoms with Gasteiger partial charge in [-0.2, -0.15) is 0 Å². The van der Waals surface area contributed by atoms with Crippen LogP contribution in [0.25, 0.3) is 0 Å². The lowest BCUT2D eigenvalue weighted by atomic mass is 10.4. The molecule has 1 heterocycles. The quantitative estimate of drug-likeness (QED) is 0.622. The lowest BCUT2D eigenvalue weighted by Gasteiger charge is -2.13. The van der Waals surface area contributed by atoms with E-state index in [0.717, 1.165) is 6.42 Å². The van der Waals surface area contributed by atoms with Gasteiger partial charge >= 0.3 is 0 Å². The Morgan fingerprint density at radius 3 is 2.92 bits per heavy atom. The Kier molecular flexibility index (Phi) is 3.08. The summed E-state index contributed by atoms with van der Waals surface area (Å²) in [5.41, 5.74) is 0. The van der Waals surface area contributed by atoms with Gasteiger partial charge in [0.1, 0.15) is 0 Å². The van der Waals surface area contributed by atoms with E-state index in [2.05, 4.69) is 12.2 Å². The number of hydrogen-bond acceptors (Lipinski definition) is 2. The van der Waals surface area contributed by atoms with Crippen molar-refractivity contribution in [2.75, 3.05) is 19.6 Å². The molecule has 0 spiro atoms. The van der Waals surface area contributed by atoms with Crippen LogP contribution < -0.4 is 5.32 Å². The van der Waals surface area contributed by atoms with Crippen molar-refractivity contribution in [3.05, 3.63) is 6.92 Å². The summed E-state index contributed by atoms with van der Waals surface area (Å²) >= 11 is 0. The van der Waals surface area contributed by atoms with Gasteiger partial charge in [-0.25, -0.2) is 0 Å². The molecule has 0 aromatic heterocycles. The van der Waals surface area contributed by atoms with Crippen molar-refractivity contribution in [2.45, 2.75) is 12.8 Å². The molecule has 1 N–H and O–H groups in total. The number of carbonyl (C=O) groups is 2. The fraction of sp³-hybridized carbons (Fsp3) is 0.625. The Balaban J connectivity index is 2.30. The van der Waals surface area contributed by atoms with Crippen molar-refractivity contribution < 1.29 is 9.59 Å². The number of hydrogen-bond donors (Lipinski definition) is 1. The van der Waals surface area contributed by atoms with Crippen LogP contribution in [0.3, 0.4) is 0 Å². The molecule has 0 aromatic rings. The molecule has 4 heteroatoms. The standard InChI is InChI=1S/C8H13N2O2/c1-2-9-7(11)6-10-5-3-4-8(10)12/h1-6H2,(H,9,11). The van der Waals surface area contributed by atoms with Gasteiger partial charge in [0.2, 0.25) is 11.8 Å². The monoisotopic (exact) mass is 169 g/mol. The second-order valence-electron chi connectivity index (χ2n) is 2.77. The van der Waals surface area contributed by atoms with E-state index in [9.17, 15) is 9.59 Å². The van der Waals surface area contributed by atoms with Crippen LogP contribution in [0.2, 0.25) is 0 Å². The van der Waals surface area contributed by atoms with Crippen LogP contribution in [0, 0.1) is 6.92 Å². The Morgan fingerprint density at radius 2 is 2.42 bits per heavy atom. The van der Waals surface area contributed by atoms with Crippen molar-refractivity contribution in [2.24, 2.45) is 0 Å². The van der Waals surface area contributed by atoms with Crippen LogP contribution in [0.4, 0.5) is 0 Å². The fourth-order valence-corrected chi connectivity index (χ4v) is 1.24. The zero-order chi connectivity index (χ0) is 8.97. The third kappa shape index (κ3) is 2.22. The summed E-state index contributed by atoms with van der Waals surface area (Å²) in [7, 11) is 0. The maximum atomic E-state index is 11.0. The molecular formula is C8H13N2O2. The normalized spacial score (nSPS) is 16.8.